The van der Waals surface area contributed by atoms with Crippen molar-refractivity contribution in [1.29, 1.82) is 0 Å². The standard InChI is InChI=1S/C7H9NO3/c1-3-5-4(2)6(7(9)10)11-8-5/h3H2,1-2H3,(H,9,10). The van der Waals surface area contributed by atoms with Gasteiger partial charge in [-0.05, 0) is 13.3 Å². The van der Waals surface area contributed by atoms with Gasteiger partial charge >= 0.3 is 5.97 Å². The molecule has 1 aromatic rings. The van der Waals surface area contributed by atoms with E-state index >= 15 is 0 Å². The minimum absolute atomic E-state index is 0.0538. The second kappa shape index (κ2) is 2.74. The fourth-order valence-electron chi connectivity index (χ4n) is 0.898. The van der Waals surface area contributed by atoms with Crippen molar-refractivity contribution in [2.24, 2.45) is 0 Å². The molecule has 60 valence electrons. The van der Waals surface area contributed by atoms with Gasteiger partial charge in [0.1, 0.15) is 0 Å². The molecule has 0 saturated carbocycles. The average molecular weight is 155 g/mol. The van der Waals surface area contributed by atoms with E-state index in [2.05, 4.69) is 9.68 Å². The minimum Gasteiger partial charge on any atom is -0.475 e. The molecule has 11 heavy (non-hydrogen) atoms. The average Bonchev–Trinajstić information content (AvgIpc) is 2.30. The molecular formula is C7H9NO3. The number of hydrogen-bond acceptors (Lipinski definition) is 3. The Bertz CT molecular complexity index is 277. The van der Waals surface area contributed by atoms with Crippen LogP contribution in [0, 0.1) is 6.92 Å². The van der Waals surface area contributed by atoms with Gasteiger partial charge in [-0.2, -0.15) is 0 Å². The monoisotopic (exact) mass is 155 g/mol. The molecule has 0 spiro atoms. The smallest absolute Gasteiger partial charge is 0.375 e. The van der Waals surface area contributed by atoms with Crippen LogP contribution in [-0.2, 0) is 6.42 Å². The molecule has 0 bridgehead atoms. The lowest BCUT2D eigenvalue weighted by Crippen LogP contribution is -1.96. The number of aromatic nitrogens is 1. The molecule has 0 aliphatic carbocycles. The molecule has 0 fully saturated rings. The largest absolute Gasteiger partial charge is 0.475 e. The summed E-state index contributed by atoms with van der Waals surface area (Å²) in [6.07, 6.45) is 0.697. The molecular weight excluding hydrogens is 146 g/mol. The number of rotatable bonds is 2. The molecule has 0 amide bonds. The van der Waals surface area contributed by atoms with Crippen LogP contribution in [0.2, 0.25) is 0 Å². The number of hydrogen-bond donors (Lipinski definition) is 1. The van der Waals surface area contributed by atoms with Gasteiger partial charge in [-0.15, -0.1) is 0 Å². The first-order valence-corrected chi connectivity index (χ1v) is 3.35. The first-order chi connectivity index (χ1) is 5.16. The Morgan fingerprint density at radius 1 is 1.73 bits per heavy atom. The van der Waals surface area contributed by atoms with Gasteiger partial charge in [0, 0.05) is 5.56 Å². The van der Waals surface area contributed by atoms with Crippen molar-refractivity contribution in [3.63, 3.8) is 0 Å². The fraction of sp³-hybridized carbons (Fsp3) is 0.429. The molecule has 0 radical (unpaired) electrons. The molecule has 4 heteroatoms. The zero-order valence-corrected chi connectivity index (χ0v) is 6.42. The maximum atomic E-state index is 10.4. The predicted molar refractivity (Wildman–Crippen MR) is 37.6 cm³/mol. The molecule has 1 heterocycles. The fourth-order valence-corrected chi connectivity index (χ4v) is 0.898. The summed E-state index contributed by atoms with van der Waals surface area (Å²) in [4.78, 5) is 10.4. The third-order valence-corrected chi connectivity index (χ3v) is 1.55. The lowest BCUT2D eigenvalue weighted by Gasteiger charge is -1.87. The maximum Gasteiger partial charge on any atom is 0.375 e. The lowest BCUT2D eigenvalue weighted by molar-refractivity contribution is 0.0651. The Balaban J connectivity index is 3.10. The van der Waals surface area contributed by atoms with Crippen LogP contribution in [0.1, 0.15) is 28.7 Å². The van der Waals surface area contributed by atoms with Crippen molar-refractivity contribution < 1.29 is 14.4 Å². The topological polar surface area (TPSA) is 63.3 Å². The molecule has 0 aromatic carbocycles. The molecule has 0 aliphatic rings. The molecule has 1 N–H and O–H groups in total. The summed E-state index contributed by atoms with van der Waals surface area (Å²) in [5, 5.41) is 12.1. The normalized spacial score (nSPS) is 10.0. The van der Waals surface area contributed by atoms with Gasteiger partial charge < -0.3 is 9.63 Å². The van der Waals surface area contributed by atoms with E-state index in [1.165, 1.54) is 0 Å². The summed E-state index contributed by atoms with van der Waals surface area (Å²) in [6, 6.07) is 0. The number of aryl methyl sites for hydroxylation is 1. The molecule has 0 saturated heterocycles. The van der Waals surface area contributed by atoms with E-state index in [0.717, 1.165) is 0 Å². The van der Waals surface area contributed by atoms with Crippen molar-refractivity contribution in [1.82, 2.24) is 5.16 Å². The SMILES string of the molecule is CCc1noc(C(=O)O)c1C. The van der Waals surface area contributed by atoms with Crippen LogP contribution in [-0.4, -0.2) is 16.2 Å². The van der Waals surface area contributed by atoms with Gasteiger partial charge in [-0.1, -0.05) is 12.1 Å². The van der Waals surface area contributed by atoms with Gasteiger partial charge in [0.15, 0.2) is 0 Å². The van der Waals surface area contributed by atoms with E-state index in [0.29, 0.717) is 17.7 Å². The summed E-state index contributed by atoms with van der Waals surface area (Å²) in [7, 11) is 0. The van der Waals surface area contributed by atoms with Crippen molar-refractivity contribution in [2.75, 3.05) is 0 Å². The summed E-state index contributed by atoms with van der Waals surface area (Å²) < 4.78 is 4.60. The number of carboxylic acid groups (broad SMARTS) is 1. The van der Waals surface area contributed by atoms with E-state index in [4.69, 9.17) is 5.11 Å². The van der Waals surface area contributed by atoms with Crippen LogP contribution in [0.5, 0.6) is 0 Å². The number of carboxylic acids is 1. The Hall–Kier alpha value is -1.32. The van der Waals surface area contributed by atoms with Gasteiger partial charge in [0.25, 0.3) is 0 Å². The number of aromatic carboxylic acids is 1. The summed E-state index contributed by atoms with van der Waals surface area (Å²) >= 11 is 0. The zero-order valence-electron chi connectivity index (χ0n) is 6.42. The zero-order chi connectivity index (χ0) is 8.43. The van der Waals surface area contributed by atoms with E-state index in [1.54, 1.807) is 6.92 Å². The Labute approximate surface area is 63.8 Å². The Morgan fingerprint density at radius 3 is 2.64 bits per heavy atom. The highest BCUT2D eigenvalue weighted by molar-refractivity contribution is 5.86. The van der Waals surface area contributed by atoms with Crippen molar-refractivity contribution in [3.05, 3.63) is 17.0 Å². The van der Waals surface area contributed by atoms with Crippen LogP contribution in [0.4, 0.5) is 0 Å². The highest BCUT2D eigenvalue weighted by Crippen LogP contribution is 2.12. The highest BCUT2D eigenvalue weighted by Gasteiger charge is 2.15. The van der Waals surface area contributed by atoms with Crippen molar-refractivity contribution in [2.45, 2.75) is 20.3 Å². The molecule has 1 aromatic heterocycles. The van der Waals surface area contributed by atoms with Crippen LogP contribution in [0.3, 0.4) is 0 Å². The van der Waals surface area contributed by atoms with Crippen molar-refractivity contribution in [3.8, 4) is 0 Å². The first kappa shape index (κ1) is 7.78. The quantitative estimate of drug-likeness (QED) is 0.697. The van der Waals surface area contributed by atoms with Crippen LogP contribution in [0.25, 0.3) is 0 Å². The van der Waals surface area contributed by atoms with Crippen LogP contribution in [0.15, 0.2) is 4.52 Å². The summed E-state index contributed by atoms with van der Waals surface area (Å²) in [6.45, 7) is 3.59. The third kappa shape index (κ3) is 1.24. The molecule has 0 unspecified atom stereocenters. The predicted octanol–water partition coefficient (Wildman–Crippen LogP) is 1.24. The van der Waals surface area contributed by atoms with E-state index < -0.39 is 5.97 Å². The number of carbonyl (C=O) groups is 1. The van der Waals surface area contributed by atoms with Gasteiger partial charge in [-0.3, -0.25) is 0 Å². The van der Waals surface area contributed by atoms with E-state index in [9.17, 15) is 4.79 Å². The van der Waals surface area contributed by atoms with Crippen molar-refractivity contribution >= 4 is 5.97 Å². The van der Waals surface area contributed by atoms with Crippen LogP contribution >= 0.6 is 0 Å². The maximum absolute atomic E-state index is 10.4. The highest BCUT2D eigenvalue weighted by atomic mass is 16.5. The minimum atomic E-state index is -1.06. The van der Waals surface area contributed by atoms with Crippen LogP contribution < -0.4 is 0 Å². The molecule has 4 nitrogen and oxygen atoms in total. The molecule has 1 rings (SSSR count). The van der Waals surface area contributed by atoms with E-state index in [-0.39, 0.29) is 5.76 Å². The van der Waals surface area contributed by atoms with Gasteiger partial charge in [-0.25, -0.2) is 4.79 Å². The summed E-state index contributed by atoms with van der Waals surface area (Å²) in [5.74, 6) is -1.11. The Kier molecular flexibility index (Phi) is 1.94. The van der Waals surface area contributed by atoms with Gasteiger partial charge in [0.05, 0.1) is 5.69 Å². The number of nitrogens with zero attached hydrogens (tertiary/aromatic N) is 1. The van der Waals surface area contributed by atoms with Gasteiger partial charge in [0.2, 0.25) is 5.76 Å². The second-order valence-electron chi connectivity index (χ2n) is 2.24. The second-order valence-corrected chi connectivity index (χ2v) is 2.24. The van der Waals surface area contributed by atoms with E-state index in [1.807, 2.05) is 6.92 Å². The first-order valence-electron chi connectivity index (χ1n) is 3.35. The molecule has 0 aliphatic heterocycles. The lowest BCUT2D eigenvalue weighted by atomic mass is 10.2. The molecule has 0 atom stereocenters. The Morgan fingerprint density at radius 2 is 2.36 bits per heavy atom. The third-order valence-electron chi connectivity index (χ3n) is 1.55. The summed E-state index contributed by atoms with van der Waals surface area (Å²) in [5.41, 5.74) is 1.34.